The van der Waals surface area contributed by atoms with Crippen molar-refractivity contribution in [3.05, 3.63) is 35.4 Å². The molecule has 0 aromatic heterocycles. The summed E-state index contributed by atoms with van der Waals surface area (Å²) < 4.78 is 37.2. The molecule has 94 valence electrons. The van der Waals surface area contributed by atoms with Crippen LogP contribution in [-0.2, 0) is 17.4 Å². The molecule has 0 heterocycles. The molecule has 0 aliphatic heterocycles. The molecular formula is C12H14F3NO. The summed E-state index contributed by atoms with van der Waals surface area (Å²) in [5, 5.41) is 2.62. The topological polar surface area (TPSA) is 29.1 Å². The Balaban J connectivity index is 2.58. The molecule has 0 saturated heterocycles. The van der Waals surface area contributed by atoms with Crippen LogP contribution in [0.5, 0.6) is 0 Å². The molecule has 1 aromatic rings. The van der Waals surface area contributed by atoms with Crippen LogP contribution in [0.15, 0.2) is 24.3 Å². The van der Waals surface area contributed by atoms with Crippen LogP contribution in [0.25, 0.3) is 0 Å². The van der Waals surface area contributed by atoms with E-state index in [4.69, 9.17) is 0 Å². The summed E-state index contributed by atoms with van der Waals surface area (Å²) in [6.45, 7) is 2.08. The van der Waals surface area contributed by atoms with Gasteiger partial charge in [0.05, 0.1) is 5.56 Å². The van der Waals surface area contributed by atoms with Crippen LogP contribution < -0.4 is 5.32 Å². The molecule has 0 aliphatic carbocycles. The fourth-order valence-electron chi connectivity index (χ4n) is 1.37. The average molecular weight is 245 g/mol. The number of carbonyl (C=O) groups excluding carboxylic acids is 1. The molecule has 0 unspecified atom stereocenters. The monoisotopic (exact) mass is 245 g/mol. The summed E-state index contributed by atoms with van der Waals surface area (Å²) in [7, 11) is 0. The lowest BCUT2D eigenvalue weighted by molar-refractivity contribution is -0.137. The standard InChI is InChI=1S/C12H14F3NO/c1-2-11(17)16-7-6-9-4-3-5-10(8-9)12(13,14)15/h3-5,8H,2,6-7H2,1H3,(H,16,17). The third-order valence-electron chi connectivity index (χ3n) is 2.31. The third kappa shape index (κ3) is 4.46. The van der Waals surface area contributed by atoms with Gasteiger partial charge < -0.3 is 5.32 Å². The lowest BCUT2D eigenvalue weighted by atomic mass is 10.1. The van der Waals surface area contributed by atoms with Crippen molar-refractivity contribution >= 4 is 5.91 Å². The molecule has 1 rings (SSSR count). The first-order valence-corrected chi connectivity index (χ1v) is 5.36. The maximum absolute atomic E-state index is 12.4. The van der Waals surface area contributed by atoms with Gasteiger partial charge in [0, 0.05) is 13.0 Å². The Morgan fingerprint density at radius 1 is 1.35 bits per heavy atom. The molecule has 5 heteroatoms. The van der Waals surface area contributed by atoms with Crippen LogP contribution >= 0.6 is 0 Å². The van der Waals surface area contributed by atoms with E-state index in [1.807, 2.05) is 0 Å². The van der Waals surface area contributed by atoms with Crippen molar-refractivity contribution in [2.45, 2.75) is 25.9 Å². The van der Waals surface area contributed by atoms with Crippen LogP contribution in [0, 0.1) is 0 Å². The van der Waals surface area contributed by atoms with Gasteiger partial charge >= 0.3 is 6.18 Å². The van der Waals surface area contributed by atoms with Gasteiger partial charge in [0.25, 0.3) is 0 Å². The van der Waals surface area contributed by atoms with Crippen LogP contribution in [0.2, 0.25) is 0 Å². The quantitative estimate of drug-likeness (QED) is 0.868. The van der Waals surface area contributed by atoms with E-state index in [2.05, 4.69) is 5.32 Å². The molecule has 0 saturated carbocycles. The van der Waals surface area contributed by atoms with Gasteiger partial charge in [0.2, 0.25) is 5.91 Å². The van der Waals surface area contributed by atoms with E-state index in [-0.39, 0.29) is 5.91 Å². The molecule has 0 radical (unpaired) electrons. The van der Waals surface area contributed by atoms with Crippen molar-refractivity contribution in [3.63, 3.8) is 0 Å². The second kappa shape index (κ2) is 5.70. The number of alkyl halides is 3. The van der Waals surface area contributed by atoms with E-state index in [0.29, 0.717) is 24.9 Å². The highest BCUT2D eigenvalue weighted by molar-refractivity contribution is 5.75. The van der Waals surface area contributed by atoms with Gasteiger partial charge in [-0.15, -0.1) is 0 Å². The predicted molar refractivity (Wildman–Crippen MR) is 58.4 cm³/mol. The lowest BCUT2D eigenvalue weighted by Crippen LogP contribution is -2.24. The first-order valence-electron chi connectivity index (χ1n) is 5.36. The largest absolute Gasteiger partial charge is 0.416 e. The third-order valence-corrected chi connectivity index (χ3v) is 2.31. The summed E-state index contributed by atoms with van der Waals surface area (Å²) in [6, 6.07) is 5.14. The molecule has 0 spiro atoms. The fourth-order valence-corrected chi connectivity index (χ4v) is 1.37. The molecule has 1 N–H and O–H groups in total. The van der Waals surface area contributed by atoms with Crippen molar-refractivity contribution in [1.29, 1.82) is 0 Å². The van der Waals surface area contributed by atoms with E-state index < -0.39 is 11.7 Å². The van der Waals surface area contributed by atoms with Crippen molar-refractivity contribution in [3.8, 4) is 0 Å². The number of halogens is 3. The minimum atomic E-state index is -4.32. The normalized spacial score (nSPS) is 11.3. The van der Waals surface area contributed by atoms with Gasteiger partial charge in [0.1, 0.15) is 0 Å². The predicted octanol–water partition coefficient (Wildman–Crippen LogP) is 2.77. The maximum atomic E-state index is 12.4. The number of benzene rings is 1. The molecule has 17 heavy (non-hydrogen) atoms. The molecule has 2 nitrogen and oxygen atoms in total. The number of hydrogen-bond acceptors (Lipinski definition) is 1. The van der Waals surface area contributed by atoms with Gasteiger partial charge in [-0.25, -0.2) is 0 Å². The van der Waals surface area contributed by atoms with Crippen molar-refractivity contribution < 1.29 is 18.0 Å². The zero-order valence-corrected chi connectivity index (χ0v) is 9.47. The zero-order valence-electron chi connectivity index (χ0n) is 9.47. The van der Waals surface area contributed by atoms with Gasteiger partial charge in [0.15, 0.2) is 0 Å². The van der Waals surface area contributed by atoms with Crippen molar-refractivity contribution in [1.82, 2.24) is 5.32 Å². The molecule has 1 aromatic carbocycles. The first-order chi connectivity index (χ1) is 7.93. The van der Waals surface area contributed by atoms with Crippen molar-refractivity contribution in [2.24, 2.45) is 0 Å². The average Bonchev–Trinajstić information content (AvgIpc) is 2.28. The first kappa shape index (κ1) is 13.5. The Hall–Kier alpha value is -1.52. The Bertz CT molecular complexity index is 388. The Kier molecular flexibility index (Phi) is 4.54. The van der Waals surface area contributed by atoms with Crippen molar-refractivity contribution in [2.75, 3.05) is 6.54 Å². The number of rotatable bonds is 4. The highest BCUT2D eigenvalue weighted by Crippen LogP contribution is 2.29. The molecule has 1 amide bonds. The summed E-state index contributed by atoms with van der Waals surface area (Å²) in [5.41, 5.74) is -0.0898. The Labute approximate surface area is 97.8 Å². The number of nitrogens with one attached hydrogen (secondary N) is 1. The minimum absolute atomic E-state index is 0.100. The number of amides is 1. The fraction of sp³-hybridized carbons (Fsp3) is 0.417. The zero-order chi connectivity index (χ0) is 12.9. The highest BCUT2D eigenvalue weighted by Gasteiger charge is 2.30. The summed E-state index contributed by atoms with van der Waals surface area (Å²) >= 11 is 0. The molecule has 0 bridgehead atoms. The molecule has 0 fully saturated rings. The Morgan fingerprint density at radius 2 is 2.06 bits per heavy atom. The van der Waals surface area contributed by atoms with E-state index in [0.717, 1.165) is 12.1 Å². The van der Waals surface area contributed by atoms with E-state index >= 15 is 0 Å². The molecular weight excluding hydrogens is 231 g/mol. The SMILES string of the molecule is CCC(=O)NCCc1cccc(C(F)(F)F)c1. The number of hydrogen-bond donors (Lipinski definition) is 1. The van der Waals surface area contributed by atoms with Crippen LogP contribution in [-0.4, -0.2) is 12.5 Å². The molecule has 0 atom stereocenters. The van der Waals surface area contributed by atoms with E-state index in [9.17, 15) is 18.0 Å². The van der Waals surface area contributed by atoms with E-state index in [1.165, 1.54) is 6.07 Å². The van der Waals surface area contributed by atoms with Gasteiger partial charge in [-0.2, -0.15) is 13.2 Å². The van der Waals surface area contributed by atoms with Crippen LogP contribution in [0.3, 0.4) is 0 Å². The summed E-state index contributed by atoms with van der Waals surface area (Å²) in [4.78, 5) is 10.9. The van der Waals surface area contributed by atoms with Gasteiger partial charge in [-0.05, 0) is 18.1 Å². The van der Waals surface area contributed by atoms with E-state index in [1.54, 1.807) is 13.0 Å². The summed E-state index contributed by atoms with van der Waals surface area (Å²) in [6.07, 6.45) is -3.54. The smallest absolute Gasteiger partial charge is 0.356 e. The lowest BCUT2D eigenvalue weighted by Gasteiger charge is -2.09. The minimum Gasteiger partial charge on any atom is -0.356 e. The van der Waals surface area contributed by atoms with Crippen LogP contribution in [0.1, 0.15) is 24.5 Å². The number of carbonyl (C=O) groups is 1. The second-order valence-corrected chi connectivity index (χ2v) is 3.65. The maximum Gasteiger partial charge on any atom is 0.416 e. The van der Waals surface area contributed by atoms with Crippen LogP contribution in [0.4, 0.5) is 13.2 Å². The second-order valence-electron chi connectivity index (χ2n) is 3.65. The van der Waals surface area contributed by atoms with Gasteiger partial charge in [-0.3, -0.25) is 4.79 Å². The summed E-state index contributed by atoms with van der Waals surface area (Å²) in [5.74, 6) is -0.100. The highest BCUT2D eigenvalue weighted by atomic mass is 19.4. The van der Waals surface area contributed by atoms with Gasteiger partial charge in [-0.1, -0.05) is 25.1 Å². The Morgan fingerprint density at radius 3 is 2.65 bits per heavy atom. The molecule has 0 aliphatic rings.